The van der Waals surface area contributed by atoms with Gasteiger partial charge in [0.1, 0.15) is 5.60 Å². The molecule has 4 aliphatic rings. The average Bonchev–Trinajstić information content (AvgIpc) is 2.94. The van der Waals surface area contributed by atoms with Crippen LogP contribution in [0.2, 0.25) is 0 Å². The molecule has 0 bridgehead atoms. The molecule has 1 aromatic carbocycles. The lowest BCUT2D eigenvalue weighted by Crippen LogP contribution is -2.52. The molecule has 1 aromatic rings. The van der Waals surface area contributed by atoms with Crippen LogP contribution in [0.25, 0.3) is 0 Å². The van der Waals surface area contributed by atoms with Gasteiger partial charge in [-0.3, -0.25) is 4.79 Å². The molecule has 0 unspecified atom stereocenters. The summed E-state index contributed by atoms with van der Waals surface area (Å²) < 4.78 is 0. The third-order valence-electron chi connectivity index (χ3n) is 8.83. The van der Waals surface area contributed by atoms with Crippen molar-refractivity contribution in [1.82, 2.24) is 0 Å². The molecule has 4 aliphatic carbocycles. The van der Waals surface area contributed by atoms with Gasteiger partial charge in [-0.1, -0.05) is 55.7 Å². The number of fused-ring (bicyclic) bond motifs is 4. The lowest BCUT2D eigenvalue weighted by molar-refractivity contribution is -0.114. The Balaban J connectivity index is 1.71. The van der Waals surface area contributed by atoms with Crippen LogP contribution in [0.15, 0.2) is 53.1 Å². The minimum Gasteiger partial charge on any atom is -0.377 e. The lowest BCUT2D eigenvalue weighted by Gasteiger charge is -2.54. The molecule has 2 saturated carbocycles. The van der Waals surface area contributed by atoms with Crippen LogP contribution in [0, 0.1) is 35.0 Å². The van der Waals surface area contributed by atoms with Gasteiger partial charge in [0.25, 0.3) is 0 Å². The highest BCUT2D eigenvalue weighted by molar-refractivity contribution is 5.93. The standard InChI is InChI=1S/C28H32O2/c1-4-14-28(30)18(2)15-25-23-12-10-20-16-21(29)11-13-22(20)26(23)24(17-27(25,28)3)19-8-6-5-7-9-19/h5-9,16,18,23-25,30H,10-13,15,17H2,1-3H3/t18-,23+,24-,25+,27+,28+/m1/s1. The summed E-state index contributed by atoms with van der Waals surface area (Å²) in [6.07, 6.45) is 7.49. The van der Waals surface area contributed by atoms with E-state index < -0.39 is 5.60 Å². The summed E-state index contributed by atoms with van der Waals surface area (Å²) in [7, 11) is 0. The molecule has 2 fully saturated rings. The van der Waals surface area contributed by atoms with Crippen molar-refractivity contribution in [3.63, 3.8) is 0 Å². The second-order valence-electron chi connectivity index (χ2n) is 10.2. The Morgan fingerprint density at radius 1 is 1.13 bits per heavy atom. The quantitative estimate of drug-likeness (QED) is 0.624. The zero-order valence-electron chi connectivity index (χ0n) is 18.4. The predicted octanol–water partition coefficient (Wildman–Crippen LogP) is 5.59. The van der Waals surface area contributed by atoms with Gasteiger partial charge in [-0.05, 0) is 79.6 Å². The van der Waals surface area contributed by atoms with E-state index in [9.17, 15) is 9.90 Å². The first-order valence-corrected chi connectivity index (χ1v) is 11.6. The molecule has 6 atom stereocenters. The van der Waals surface area contributed by atoms with E-state index in [1.165, 1.54) is 16.7 Å². The lowest BCUT2D eigenvalue weighted by atomic mass is 9.51. The highest BCUT2D eigenvalue weighted by Crippen LogP contribution is 2.67. The van der Waals surface area contributed by atoms with E-state index in [0.29, 0.717) is 24.2 Å². The summed E-state index contributed by atoms with van der Waals surface area (Å²) in [6, 6.07) is 10.8. The zero-order chi connectivity index (χ0) is 21.1. The van der Waals surface area contributed by atoms with Crippen LogP contribution >= 0.6 is 0 Å². The number of rotatable bonds is 1. The Kier molecular flexibility index (Phi) is 4.60. The molecular formula is C28H32O2. The molecule has 0 radical (unpaired) electrons. The van der Waals surface area contributed by atoms with E-state index in [4.69, 9.17) is 0 Å². The minimum atomic E-state index is -0.936. The number of benzene rings is 1. The van der Waals surface area contributed by atoms with E-state index in [1.807, 2.05) is 13.0 Å². The van der Waals surface area contributed by atoms with Crippen LogP contribution in [0.4, 0.5) is 0 Å². The molecule has 0 aromatic heterocycles. The van der Waals surface area contributed by atoms with Gasteiger partial charge >= 0.3 is 0 Å². The number of carbonyl (C=O) groups excluding carboxylic acids is 1. The normalized spacial score (nSPS) is 40.0. The van der Waals surface area contributed by atoms with Crippen molar-refractivity contribution in [1.29, 1.82) is 0 Å². The van der Waals surface area contributed by atoms with Gasteiger partial charge in [0.05, 0.1) is 0 Å². The summed E-state index contributed by atoms with van der Waals surface area (Å²) in [5.74, 6) is 8.00. The molecule has 30 heavy (non-hydrogen) atoms. The fourth-order valence-electron chi connectivity index (χ4n) is 7.44. The highest BCUT2D eigenvalue weighted by atomic mass is 16.3. The smallest absolute Gasteiger partial charge is 0.156 e. The van der Waals surface area contributed by atoms with Gasteiger partial charge < -0.3 is 5.11 Å². The van der Waals surface area contributed by atoms with Crippen molar-refractivity contribution in [2.75, 3.05) is 0 Å². The Labute approximate surface area is 180 Å². The average molecular weight is 401 g/mol. The van der Waals surface area contributed by atoms with Crippen LogP contribution in [-0.2, 0) is 4.79 Å². The molecule has 0 heterocycles. The first-order chi connectivity index (χ1) is 14.4. The van der Waals surface area contributed by atoms with Crippen LogP contribution in [0.5, 0.6) is 0 Å². The van der Waals surface area contributed by atoms with Crippen LogP contribution < -0.4 is 0 Å². The second-order valence-corrected chi connectivity index (χ2v) is 10.2. The zero-order valence-corrected chi connectivity index (χ0v) is 18.4. The number of carbonyl (C=O) groups is 1. The SMILES string of the molecule is CC#C[C@]1(O)[C@H](C)C[C@H]2[C@@H]3CCC4=CC(=O)CCC4=C3[C@@H](c3ccccc3)C[C@@]21C. The topological polar surface area (TPSA) is 37.3 Å². The number of hydrogen-bond donors (Lipinski definition) is 1. The van der Waals surface area contributed by atoms with Gasteiger partial charge in [0.15, 0.2) is 5.78 Å². The Morgan fingerprint density at radius 3 is 2.63 bits per heavy atom. The van der Waals surface area contributed by atoms with E-state index in [0.717, 1.165) is 32.1 Å². The van der Waals surface area contributed by atoms with Crippen molar-refractivity contribution >= 4 is 5.78 Å². The maximum atomic E-state index is 12.1. The van der Waals surface area contributed by atoms with E-state index in [-0.39, 0.29) is 17.1 Å². The Morgan fingerprint density at radius 2 is 1.90 bits per heavy atom. The first kappa shape index (κ1) is 19.8. The van der Waals surface area contributed by atoms with Crippen molar-refractivity contribution in [2.45, 2.75) is 70.8 Å². The van der Waals surface area contributed by atoms with Gasteiger partial charge in [-0.2, -0.15) is 0 Å². The number of allylic oxidation sites excluding steroid dienone is 4. The van der Waals surface area contributed by atoms with Crippen molar-refractivity contribution < 1.29 is 9.90 Å². The van der Waals surface area contributed by atoms with E-state index in [2.05, 4.69) is 56.0 Å². The first-order valence-electron chi connectivity index (χ1n) is 11.6. The highest BCUT2D eigenvalue weighted by Gasteiger charge is 2.65. The van der Waals surface area contributed by atoms with Crippen molar-refractivity contribution in [2.24, 2.45) is 23.2 Å². The van der Waals surface area contributed by atoms with Crippen LogP contribution in [0.3, 0.4) is 0 Å². The maximum Gasteiger partial charge on any atom is 0.156 e. The molecule has 0 saturated heterocycles. The number of hydrogen-bond acceptors (Lipinski definition) is 2. The second kappa shape index (κ2) is 6.96. The third kappa shape index (κ3) is 2.64. The van der Waals surface area contributed by atoms with Crippen molar-refractivity contribution in [3.8, 4) is 11.8 Å². The summed E-state index contributed by atoms with van der Waals surface area (Å²) in [5, 5.41) is 11.9. The summed E-state index contributed by atoms with van der Waals surface area (Å²) in [4.78, 5) is 12.1. The van der Waals surface area contributed by atoms with Crippen LogP contribution in [-0.4, -0.2) is 16.5 Å². The summed E-state index contributed by atoms with van der Waals surface area (Å²) in [5.41, 5.74) is 4.51. The minimum absolute atomic E-state index is 0.172. The monoisotopic (exact) mass is 400 g/mol. The molecule has 0 amide bonds. The van der Waals surface area contributed by atoms with Gasteiger partial charge in [-0.15, -0.1) is 5.92 Å². The van der Waals surface area contributed by atoms with Gasteiger partial charge in [-0.25, -0.2) is 0 Å². The third-order valence-corrected chi connectivity index (χ3v) is 8.83. The maximum absolute atomic E-state index is 12.1. The van der Waals surface area contributed by atoms with E-state index >= 15 is 0 Å². The molecular weight excluding hydrogens is 368 g/mol. The molecule has 156 valence electrons. The fourth-order valence-corrected chi connectivity index (χ4v) is 7.44. The van der Waals surface area contributed by atoms with Gasteiger partial charge in [0, 0.05) is 17.8 Å². The fraction of sp³-hybridized carbons (Fsp3) is 0.536. The largest absolute Gasteiger partial charge is 0.377 e. The molecule has 0 aliphatic heterocycles. The number of ketones is 1. The number of aliphatic hydroxyl groups is 1. The molecule has 2 heteroatoms. The summed E-state index contributed by atoms with van der Waals surface area (Å²) in [6.45, 7) is 6.34. The Bertz CT molecular complexity index is 1000. The molecule has 2 nitrogen and oxygen atoms in total. The van der Waals surface area contributed by atoms with Crippen molar-refractivity contribution in [3.05, 3.63) is 58.7 Å². The molecule has 0 spiro atoms. The predicted molar refractivity (Wildman–Crippen MR) is 120 cm³/mol. The molecule has 1 N–H and O–H groups in total. The Hall–Kier alpha value is -2.11. The molecule has 5 rings (SSSR count). The summed E-state index contributed by atoms with van der Waals surface area (Å²) >= 11 is 0. The van der Waals surface area contributed by atoms with Gasteiger partial charge in [0.2, 0.25) is 0 Å². The van der Waals surface area contributed by atoms with Crippen LogP contribution in [0.1, 0.15) is 70.8 Å². The van der Waals surface area contributed by atoms with E-state index in [1.54, 1.807) is 5.57 Å².